The summed E-state index contributed by atoms with van der Waals surface area (Å²) in [6, 6.07) is 0. The average Bonchev–Trinajstić information content (AvgIpc) is 3.23. The molecule has 0 heterocycles. The van der Waals surface area contributed by atoms with Crippen LogP contribution in [0.1, 0.15) is 265 Å². The van der Waals surface area contributed by atoms with Gasteiger partial charge in [0, 0.05) is 19.3 Å². The van der Waals surface area contributed by atoms with E-state index in [1.54, 1.807) is 0 Å². The van der Waals surface area contributed by atoms with Gasteiger partial charge in [0.25, 0.3) is 0 Å². The maximum atomic E-state index is 12.8. The van der Waals surface area contributed by atoms with Crippen molar-refractivity contribution in [2.75, 3.05) is 13.2 Å². The summed E-state index contributed by atoms with van der Waals surface area (Å²) in [6.07, 6.45) is 55.5. The first-order valence-electron chi connectivity index (χ1n) is 25.5. The van der Waals surface area contributed by atoms with Crippen molar-refractivity contribution in [3.8, 4) is 0 Å². The number of esters is 3. The molecule has 0 fully saturated rings. The third-order valence-electron chi connectivity index (χ3n) is 11.1. The van der Waals surface area contributed by atoms with Crippen molar-refractivity contribution in [1.29, 1.82) is 0 Å². The van der Waals surface area contributed by atoms with Gasteiger partial charge in [-0.05, 0) is 70.6 Å². The highest BCUT2D eigenvalue weighted by molar-refractivity contribution is 5.71. The standard InChI is InChI=1S/C53H96O6/c1-4-7-10-13-16-19-22-24-26-27-29-31-34-37-40-43-46-52(55)58-49-50(48-57-51(54)45-42-39-36-33-30-21-18-15-12-9-6-3)59-53(56)47-44-41-38-35-32-28-25-23-20-17-14-11-8-5-2/h14,17,23,25-27,50H,4-13,15-16,18-22,24,28-49H2,1-3H3/b17-14-,25-23-,27-26-/t50-/m1/s1. The molecule has 0 unspecified atom stereocenters. The predicted molar refractivity (Wildman–Crippen MR) is 252 cm³/mol. The lowest BCUT2D eigenvalue weighted by Crippen LogP contribution is -2.30. The highest BCUT2D eigenvalue weighted by Crippen LogP contribution is 2.15. The van der Waals surface area contributed by atoms with Gasteiger partial charge in [0.15, 0.2) is 6.10 Å². The molecule has 344 valence electrons. The molecular formula is C53H96O6. The van der Waals surface area contributed by atoms with E-state index in [0.29, 0.717) is 19.3 Å². The minimum atomic E-state index is -0.778. The third kappa shape index (κ3) is 46.5. The largest absolute Gasteiger partial charge is 0.462 e. The Kier molecular flexibility index (Phi) is 46.4. The van der Waals surface area contributed by atoms with Crippen molar-refractivity contribution in [1.82, 2.24) is 0 Å². The monoisotopic (exact) mass is 829 g/mol. The molecule has 0 amide bonds. The molecule has 0 spiro atoms. The second kappa shape index (κ2) is 48.3. The van der Waals surface area contributed by atoms with Gasteiger partial charge in [0.2, 0.25) is 0 Å². The summed E-state index contributed by atoms with van der Waals surface area (Å²) in [7, 11) is 0. The van der Waals surface area contributed by atoms with Crippen molar-refractivity contribution in [3.05, 3.63) is 36.5 Å². The first kappa shape index (κ1) is 56.6. The molecule has 0 N–H and O–H groups in total. The molecule has 1 atom stereocenters. The molecule has 59 heavy (non-hydrogen) atoms. The number of hydrogen-bond acceptors (Lipinski definition) is 6. The van der Waals surface area contributed by atoms with Crippen LogP contribution >= 0.6 is 0 Å². The topological polar surface area (TPSA) is 78.9 Å². The van der Waals surface area contributed by atoms with Crippen molar-refractivity contribution < 1.29 is 28.6 Å². The number of rotatable bonds is 46. The lowest BCUT2D eigenvalue weighted by atomic mass is 10.1. The number of carbonyl (C=O) groups excluding carboxylic acids is 3. The Morgan fingerprint density at radius 2 is 0.627 bits per heavy atom. The molecule has 6 nitrogen and oxygen atoms in total. The summed E-state index contributed by atoms with van der Waals surface area (Å²) in [5.74, 6) is -0.893. The minimum absolute atomic E-state index is 0.0779. The highest BCUT2D eigenvalue weighted by Gasteiger charge is 2.19. The van der Waals surface area contributed by atoms with Crippen molar-refractivity contribution in [2.45, 2.75) is 271 Å². The molecule has 0 aliphatic rings. The third-order valence-corrected chi connectivity index (χ3v) is 11.1. The Morgan fingerprint density at radius 3 is 1.00 bits per heavy atom. The van der Waals surface area contributed by atoms with Crippen molar-refractivity contribution in [2.24, 2.45) is 0 Å². The van der Waals surface area contributed by atoms with E-state index in [0.717, 1.165) is 89.9 Å². The molecule has 0 saturated carbocycles. The van der Waals surface area contributed by atoms with E-state index < -0.39 is 6.10 Å². The quantitative estimate of drug-likeness (QED) is 0.0263. The number of hydrogen-bond donors (Lipinski definition) is 0. The van der Waals surface area contributed by atoms with Gasteiger partial charge in [-0.1, -0.05) is 211 Å². The summed E-state index contributed by atoms with van der Waals surface area (Å²) >= 11 is 0. The van der Waals surface area contributed by atoms with Crippen LogP contribution in [0.4, 0.5) is 0 Å². The van der Waals surface area contributed by atoms with Crippen LogP contribution in [0.2, 0.25) is 0 Å². The molecule has 0 radical (unpaired) electrons. The predicted octanol–water partition coefficient (Wildman–Crippen LogP) is 16.5. The van der Waals surface area contributed by atoms with Crippen LogP contribution in [0.25, 0.3) is 0 Å². The van der Waals surface area contributed by atoms with E-state index in [1.165, 1.54) is 135 Å². The fourth-order valence-electron chi connectivity index (χ4n) is 7.22. The van der Waals surface area contributed by atoms with Crippen molar-refractivity contribution in [3.63, 3.8) is 0 Å². The Labute approximate surface area is 365 Å². The first-order chi connectivity index (χ1) is 29.0. The van der Waals surface area contributed by atoms with Crippen LogP contribution in [0.15, 0.2) is 36.5 Å². The number of unbranched alkanes of at least 4 members (excludes halogenated alkanes) is 29. The van der Waals surface area contributed by atoms with E-state index in [2.05, 4.69) is 57.2 Å². The number of ether oxygens (including phenoxy) is 3. The molecule has 0 saturated heterocycles. The van der Waals surface area contributed by atoms with E-state index in [9.17, 15) is 14.4 Å². The van der Waals surface area contributed by atoms with Crippen LogP contribution in [0.3, 0.4) is 0 Å². The summed E-state index contributed by atoms with van der Waals surface area (Å²) < 4.78 is 16.8. The van der Waals surface area contributed by atoms with Crippen LogP contribution < -0.4 is 0 Å². The minimum Gasteiger partial charge on any atom is -0.462 e. The SMILES string of the molecule is CCCC/C=C\C/C=C\CCCCCCCC(=O)O[C@@H](COC(=O)CCCCCCC/C=C\CCCCCCCCC)COC(=O)CCCCCCCCCCCCC. The smallest absolute Gasteiger partial charge is 0.306 e. The molecular weight excluding hydrogens is 733 g/mol. The fourth-order valence-corrected chi connectivity index (χ4v) is 7.22. The highest BCUT2D eigenvalue weighted by atomic mass is 16.6. The fraction of sp³-hybridized carbons (Fsp3) is 0.830. The van der Waals surface area contributed by atoms with Crippen molar-refractivity contribution >= 4 is 17.9 Å². The van der Waals surface area contributed by atoms with Crippen LogP contribution in [-0.2, 0) is 28.6 Å². The molecule has 0 aliphatic carbocycles. The van der Waals surface area contributed by atoms with Gasteiger partial charge in [-0.25, -0.2) is 0 Å². The Bertz CT molecular complexity index is 1000. The lowest BCUT2D eigenvalue weighted by Gasteiger charge is -2.18. The zero-order valence-corrected chi connectivity index (χ0v) is 39.3. The van der Waals surface area contributed by atoms with Gasteiger partial charge in [0.1, 0.15) is 13.2 Å². The van der Waals surface area contributed by atoms with E-state index in [4.69, 9.17) is 14.2 Å². The zero-order valence-electron chi connectivity index (χ0n) is 39.3. The first-order valence-corrected chi connectivity index (χ1v) is 25.5. The second-order valence-corrected chi connectivity index (χ2v) is 17.1. The van der Waals surface area contributed by atoms with E-state index in [1.807, 2.05) is 0 Å². The Hall–Kier alpha value is -2.37. The molecule has 0 aromatic heterocycles. The lowest BCUT2D eigenvalue weighted by molar-refractivity contribution is -0.167. The molecule has 6 heteroatoms. The Balaban J connectivity index is 4.37. The normalized spacial score (nSPS) is 12.3. The zero-order chi connectivity index (χ0) is 43.0. The van der Waals surface area contributed by atoms with E-state index in [-0.39, 0.29) is 31.1 Å². The second-order valence-electron chi connectivity index (χ2n) is 17.1. The molecule has 0 aromatic carbocycles. The summed E-state index contributed by atoms with van der Waals surface area (Å²) in [5, 5.41) is 0. The van der Waals surface area contributed by atoms with Gasteiger partial charge in [-0.2, -0.15) is 0 Å². The van der Waals surface area contributed by atoms with Crippen LogP contribution in [-0.4, -0.2) is 37.2 Å². The molecule has 0 bridgehead atoms. The Morgan fingerprint density at radius 1 is 0.339 bits per heavy atom. The number of carbonyl (C=O) groups is 3. The van der Waals surface area contributed by atoms with Gasteiger partial charge in [-0.15, -0.1) is 0 Å². The maximum Gasteiger partial charge on any atom is 0.306 e. The van der Waals surface area contributed by atoms with E-state index >= 15 is 0 Å². The van der Waals surface area contributed by atoms with Crippen LogP contribution in [0, 0.1) is 0 Å². The maximum absolute atomic E-state index is 12.8. The van der Waals surface area contributed by atoms with Crippen LogP contribution in [0.5, 0.6) is 0 Å². The van der Waals surface area contributed by atoms with Gasteiger partial charge < -0.3 is 14.2 Å². The number of allylic oxidation sites excluding steroid dienone is 6. The summed E-state index contributed by atoms with van der Waals surface area (Å²) in [4.78, 5) is 37.9. The molecule has 0 aromatic rings. The molecule has 0 aliphatic heterocycles. The van der Waals surface area contributed by atoms with Gasteiger partial charge in [0.05, 0.1) is 0 Å². The summed E-state index contributed by atoms with van der Waals surface area (Å²) in [6.45, 7) is 6.58. The molecule has 0 rings (SSSR count). The van der Waals surface area contributed by atoms with Gasteiger partial charge >= 0.3 is 17.9 Å². The van der Waals surface area contributed by atoms with Gasteiger partial charge in [-0.3, -0.25) is 14.4 Å². The summed E-state index contributed by atoms with van der Waals surface area (Å²) in [5.41, 5.74) is 0. The average molecular weight is 829 g/mol.